The number of hydrogen-bond donors (Lipinski definition) is 0. The van der Waals surface area contributed by atoms with E-state index in [2.05, 4.69) is 4.99 Å². The number of benzene rings is 2. The summed E-state index contributed by atoms with van der Waals surface area (Å²) < 4.78 is 32.5. The molecule has 1 heterocycles. The number of nitro groups is 1. The van der Waals surface area contributed by atoms with E-state index in [9.17, 15) is 23.3 Å². The van der Waals surface area contributed by atoms with Crippen molar-refractivity contribution in [3.63, 3.8) is 0 Å². The molecule has 31 heavy (non-hydrogen) atoms. The maximum absolute atomic E-state index is 12.5. The van der Waals surface area contributed by atoms with E-state index >= 15 is 0 Å². The summed E-state index contributed by atoms with van der Waals surface area (Å²) in [5, 5.41) is 11.1. The number of amides is 1. The van der Waals surface area contributed by atoms with Gasteiger partial charge in [-0.3, -0.25) is 14.9 Å². The Balaban J connectivity index is 1.92. The van der Waals surface area contributed by atoms with Crippen LogP contribution in [0.1, 0.15) is 12.5 Å². The van der Waals surface area contributed by atoms with Crippen molar-refractivity contribution in [3.05, 3.63) is 69.0 Å². The van der Waals surface area contributed by atoms with Crippen molar-refractivity contribution >= 4 is 43.0 Å². The minimum atomic E-state index is -3.70. The standard InChI is InChI=1S/C20H21N3O6S2/c1-2-29-11-10-22-17-9-8-16(23(25)26)12-18(17)30-20(22)21-19(24)14-31(27,28)13-15-6-4-3-5-7-15/h3-9,12H,2,10-11,13-14H2,1H3. The third-order valence-electron chi connectivity index (χ3n) is 4.33. The topological polar surface area (TPSA) is 121 Å². The molecule has 0 bridgehead atoms. The largest absolute Gasteiger partial charge is 0.380 e. The molecule has 0 unspecified atom stereocenters. The van der Waals surface area contributed by atoms with Gasteiger partial charge in [-0.25, -0.2) is 8.42 Å². The summed E-state index contributed by atoms with van der Waals surface area (Å²) in [5.41, 5.74) is 1.18. The lowest BCUT2D eigenvalue weighted by Gasteiger charge is -2.05. The number of non-ortho nitro benzene ring substituents is 1. The zero-order valence-corrected chi connectivity index (χ0v) is 18.4. The Morgan fingerprint density at radius 2 is 1.97 bits per heavy atom. The molecule has 164 valence electrons. The summed E-state index contributed by atoms with van der Waals surface area (Å²) in [6.45, 7) is 3.09. The number of nitrogens with zero attached hydrogens (tertiary/aromatic N) is 3. The highest BCUT2D eigenvalue weighted by Gasteiger charge is 2.18. The maximum atomic E-state index is 12.5. The Bertz CT molecular complexity index is 1260. The quantitative estimate of drug-likeness (QED) is 0.273. The van der Waals surface area contributed by atoms with E-state index in [-0.39, 0.29) is 16.2 Å². The molecular formula is C20H21N3O6S2. The van der Waals surface area contributed by atoms with E-state index in [0.29, 0.717) is 35.5 Å². The van der Waals surface area contributed by atoms with Gasteiger partial charge in [-0.15, -0.1) is 0 Å². The Morgan fingerprint density at radius 1 is 1.23 bits per heavy atom. The third-order valence-corrected chi connectivity index (χ3v) is 6.83. The van der Waals surface area contributed by atoms with Crippen LogP contribution in [0.4, 0.5) is 5.69 Å². The number of hydrogen-bond acceptors (Lipinski definition) is 7. The van der Waals surface area contributed by atoms with E-state index in [1.807, 2.05) is 6.92 Å². The van der Waals surface area contributed by atoms with E-state index in [0.717, 1.165) is 11.3 Å². The highest BCUT2D eigenvalue weighted by Crippen LogP contribution is 2.23. The van der Waals surface area contributed by atoms with Crippen molar-refractivity contribution in [1.82, 2.24) is 4.57 Å². The lowest BCUT2D eigenvalue weighted by Crippen LogP contribution is -2.23. The molecule has 1 amide bonds. The zero-order valence-electron chi connectivity index (χ0n) is 16.8. The van der Waals surface area contributed by atoms with E-state index < -0.39 is 26.4 Å². The summed E-state index contributed by atoms with van der Waals surface area (Å²) in [6, 6.07) is 13.0. The number of thiazole rings is 1. The number of carbonyl (C=O) groups is 1. The van der Waals surface area contributed by atoms with Gasteiger partial charge in [-0.1, -0.05) is 41.7 Å². The van der Waals surface area contributed by atoms with Crippen LogP contribution < -0.4 is 4.80 Å². The Morgan fingerprint density at radius 3 is 2.65 bits per heavy atom. The second-order valence-corrected chi connectivity index (χ2v) is 9.74. The second-order valence-electron chi connectivity index (χ2n) is 6.67. The number of aromatic nitrogens is 1. The van der Waals surface area contributed by atoms with Crippen LogP contribution in [0.3, 0.4) is 0 Å². The van der Waals surface area contributed by atoms with Gasteiger partial charge in [-0.2, -0.15) is 4.99 Å². The summed E-state index contributed by atoms with van der Waals surface area (Å²) in [5.74, 6) is -1.76. The highest BCUT2D eigenvalue weighted by atomic mass is 32.2. The molecular weight excluding hydrogens is 442 g/mol. The van der Waals surface area contributed by atoms with Crippen LogP contribution in [0.15, 0.2) is 53.5 Å². The van der Waals surface area contributed by atoms with E-state index in [4.69, 9.17) is 4.74 Å². The molecule has 2 aromatic carbocycles. The molecule has 3 rings (SSSR count). The fraction of sp³-hybridized carbons (Fsp3) is 0.300. The molecule has 3 aromatic rings. The van der Waals surface area contributed by atoms with Crippen LogP contribution >= 0.6 is 11.3 Å². The van der Waals surface area contributed by atoms with Gasteiger partial charge in [0.05, 0.1) is 27.5 Å². The van der Waals surface area contributed by atoms with Gasteiger partial charge in [0.1, 0.15) is 5.75 Å². The molecule has 0 aliphatic carbocycles. The van der Waals surface area contributed by atoms with Gasteiger partial charge >= 0.3 is 0 Å². The third kappa shape index (κ3) is 6.06. The van der Waals surface area contributed by atoms with Gasteiger partial charge in [0.15, 0.2) is 14.6 Å². The van der Waals surface area contributed by atoms with Crippen LogP contribution in [0.25, 0.3) is 10.2 Å². The fourth-order valence-electron chi connectivity index (χ4n) is 2.98. The lowest BCUT2D eigenvalue weighted by atomic mass is 10.2. The first-order valence-corrected chi connectivity index (χ1v) is 12.1. The average molecular weight is 464 g/mol. The summed E-state index contributed by atoms with van der Waals surface area (Å²) >= 11 is 1.09. The van der Waals surface area contributed by atoms with Gasteiger partial charge in [0.25, 0.3) is 11.6 Å². The summed E-state index contributed by atoms with van der Waals surface area (Å²) in [6.07, 6.45) is 0. The molecule has 0 aliphatic rings. The molecule has 11 heteroatoms. The molecule has 0 atom stereocenters. The van der Waals surface area contributed by atoms with Crippen molar-refractivity contribution in [1.29, 1.82) is 0 Å². The first-order valence-electron chi connectivity index (χ1n) is 9.46. The molecule has 9 nitrogen and oxygen atoms in total. The summed E-state index contributed by atoms with van der Waals surface area (Å²) in [7, 11) is -3.70. The summed E-state index contributed by atoms with van der Waals surface area (Å²) in [4.78, 5) is 27.3. The Labute approximate surface area is 182 Å². The van der Waals surface area contributed by atoms with Crippen molar-refractivity contribution < 1.29 is 22.9 Å². The number of rotatable bonds is 9. The fourth-order valence-corrected chi connectivity index (χ4v) is 5.33. The molecule has 0 N–H and O–H groups in total. The molecule has 0 saturated heterocycles. The lowest BCUT2D eigenvalue weighted by molar-refractivity contribution is -0.384. The van der Waals surface area contributed by atoms with Crippen LogP contribution in [0.5, 0.6) is 0 Å². The number of nitro benzene ring substituents is 1. The van der Waals surface area contributed by atoms with Gasteiger partial charge < -0.3 is 9.30 Å². The van der Waals surface area contributed by atoms with Gasteiger partial charge in [0, 0.05) is 25.3 Å². The first kappa shape index (κ1) is 22.8. The van der Waals surface area contributed by atoms with Gasteiger partial charge in [0.2, 0.25) is 0 Å². The predicted molar refractivity (Wildman–Crippen MR) is 117 cm³/mol. The van der Waals surface area contributed by atoms with Crippen LogP contribution in [0, 0.1) is 10.1 Å². The predicted octanol–water partition coefficient (Wildman–Crippen LogP) is 2.69. The van der Waals surface area contributed by atoms with Crippen LogP contribution in [-0.4, -0.2) is 42.8 Å². The SMILES string of the molecule is CCOCCn1c(=NC(=O)CS(=O)(=O)Cc2ccccc2)sc2cc([N+](=O)[O-])ccc21. The van der Waals surface area contributed by atoms with Crippen molar-refractivity contribution in [3.8, 4) is 0 Å². The Kier molecular flexibility index (Phi) is 7.31. The zero-order chi connectivity index (χ0) is 22.4. The smallest absolute Gasteiger partial charge is 0.270 e. The first-order chi connectivity index (χ1) is 14.8. The van der Waals surface area contributed by atoms with Crippen molar-refractivity contribution in [2.45, 2.75) is 19.2 Å². The minimum absolute atomic E-state index is 0.0750. The number of sulfone groups is 1. The number of carbonyl (C=O) groups excluding carboxylic acids is 1. The van der Waals surface area contributed by atoms with E-state index in [1.54, 1.807) is 41.0 Å². The van der Waals surface area contributed by atoms with Gasteiger partial charge in [-0.05, 0) is 18.6 Å². The van der Waals surface area contributed by atoms with E-state index in [1.165, 1.54) is 12.1 Å². The van der Waals surface area contributed by atoms with Crippen molar-refractivity contribution in [2.75, 3.05) is 19.0 Å². The average Bonchev–Trinajstić information content (AvgIpc) is 3.04. The van der Waals surface area contributed by atoms with Crippen LogP contribution in [-0.2, 0) is 31.7 Å². The Hall–Kier alpha value is -2.89. The van der Waals surface area contributed by atoms with Crippen LogP contribution in [0.2, 0.25) is 0 Å². The molecule has 1 aromatic heterocycles. The molecule has 0 saturated carbocycles. The molecule has 0 aliphatic heterocycles. The monoisotopic (exact) mass is 463 g/mol. The molecule has 0 spiro atoms. The normalized spacial score (nSPS) is 12.4. The molecule has 0 fully saturated rings. The number of fused-ring (bicyclic) bond motifs is 1. The minimum Gasteiger partial charge on any atom is -0.380 e. The molecule has 0 radical (unpaired) electrons. The van der Waals surface area contributed by atoms with Crippen molar-refractivity contribution in [2.24, 2.45) is 4.99 Å². The maximum Gasteiger partial charge on any atom is 0.270 e. The highest BCUT2D eigenvalue weighted by molar-refractivity contribution is 7.91. The second kappa shape index (κ2) is 9.94. The number of ether oxygens (including phenoxy) is 1.